The van der Waals surface area contributed by atoms with E-state index in [-0.39, 0.29) is 0 Å². The van der Waals surface area contributed by atoms with Gasteiger partial charge < -0.3 is 19.2 Å². The topological polar surface area (TPSA) is 77.8 Å². The van der Waals surface area contributed by atoms with Crippen LogP contribution in [0.3, 0.4) is 0 Å². The highest BCUT2D eigenvalue weighted by atomic mass is 16.6. The third kappa shape index (κ3) is 3.63. The van der Waals surface area contributed by atoms with Crippen LogP contribution in [0.2, 0.25) is 0 Å². The third-order valence-electron chi connectivity index (χ3n) is 2.52. The highest BCUT2D eigenvalue weighted by Crippen LogP contribution is 2.24. The molecule has 20 heavy (non-hydrogen) atoms. The lowest BCUT2D eigenvalue weighted by molar-refractivity contribution is -0.139. The minimum absolute atomic E-state index is 0.447. The zero-order chi connectivity index (χ0) is 14.8. The number of hydrogen-bond donors (Lipinski definition) is 1. The Hall–Kier alpha value is -2.24. The molecule has 2 atom stereocenters. The van der Waals surface area contributed by atoms with Crippen molar-refractivity contribution in [1.29, 1.82) is 0 Å². The maximum Gasteiger partial charge on any atom is 0.408 e. The second kappa shape index (κ2) is 5.40. The van der Waals surface area contributed by atoms with E-state index in [1.807, 2.05) is 0 Å². The van der Waals surface area contributed by atoms with Gasteiger partial charge in [0.15, 0.2) is 0 Å². The summed E-state index contributed by atoms with van der Waals surface area (Å²) in [6.45, 7) is 5.30. The largest absolute Gasteiger partial charge is 0.467 e. The van der Waals surface area contributed by atoms with Crippen LogP contribution < -0.4 is 5.32 Å². The number of furan rings is 1. The molecule has 0 radical (unpaired) electrons. The summed E-state index contributed by atoms with van der Waals surface area (Å²) in [5.41, 5.74) is -0.611. The summed E-state index contributed by atoms with van der Waals surface area (Å²) < 4.78 is 15.6. The molecule has 1 N–H and O–H groups in total. The number of amides is 1. The minimum Gasteiger partial charge on any atom is -0.467 e. The minimum atomic E-state index is -0.623. The Kier molecular flexibility index (Phi) is 3.83. The van der Waals surface area contributed by atoms with Crippen molar-refractivity contribution < 1.29 is 23.5 Å². The van der Waals surface area contributed by atoms with Gasteiger partial charge in [0.2, 0.25) is 0 Å². The normalized spacial score (nSPS) is 19.6. The Morgan fingerprint density at radius 2 is 2.20 bits per heavy atom. The molecule has 2 heterocycles. The van der Waals surface area contributed by atoms with Gasteiger partial charge in [-0.15, -0.1) is 0 Å². The summed E-state index contributed by atoms with van der Waals surface area (Å²) in [5, 5.41) is 2.66. The highest BCUT2D eigenvalue weighted by molar-refractivity contribution is 5.84. The summed E-state index contributed by atoms with van der Waals surface area (Å²) in [6.07, 6.45) is 3.17. The van der Waals surface area contributed by atoms with E-state index in [9.17, 15) is 9.59 Å². The van der Waals surface area contributed by atoms with Gasteiger partial charge in [-0.3, -0.25) is 0 Å². The lowest BCUT2D eigenvalue weighted by Gasteiger charge is -2.24. The van der Waals surface area contributed by atoms with Crippen molar-refractivity contribution >= 4 is 12.1 Å². The zero-order valence-electron chi connectivity index (χ0n) is 11.6. The summed E-state index contributed by atoms with van der Waals surface area (Å²) >= 11 is 0. The van der Waals surface area contributed by atoms with Crippen LogP contribution in [0, 0.1) is 0 Å². The van der Waals surface area contributed by atoms with Crippen LogP contribution >= 0.6 is 0 Å². The fourth-order valence-electron chi connectivity index (χ4n) is 1.78. The van der Waals surface area contributed by atoms with E-state index in [4.69, 9.17) is 13.9 Å². The fraction of sp³-hybridized carbons (Fsp3) is 0.429. The van der Waals surface area contributed by atoms with E-state index < -0.39 is 29.8 Å². The van der Waals surface area contributed by atoms with Crippen molar-refractivity contribution in [3.63, 3.8) is 0 Å². The van der Waals surface area contributed by atoms with Gasteiger partial charge in [-0.1, -0.05) is 0 Å². The van der Waals surface area contributed by atoms with E-state index in [1.54, 1.807) is 39.0 Å². The molecule has 1 aromatic heterocycles. The molecule has 0 aromatic carbocycles. The van der Waals surface area contributed by atoms with Crippen molar-refractivity contribution in [2.24, 2.45) is 0 Å². The first-order valence-electron chi connectivity index (χ1n) is 6.27. The predicted octanol–water partition coefficient (Wildman–Crippen LogP) is 2.33. The summed E-state index contributed by atoms with van der Waals surface area (Å²) in [7, 11) is 0. The molecule has 1 aliphatic rings. The van der Waals surface area contributed by atoms with E-state index in [0.717, 1.165) is 0 Å². The average Bonchev–Trinajstić information content (AvgIpc) is 2.94. The molecule has 6 nitrogen and oxygen atoms in total. The molecular weight excluding hydrogens is 262 g/mol. The number of ether oxygens (including phenoxy) is 2. The molecule has 0 aliphatic carbocycles. The molecule has 0 fully saturated rings. The molecule has 108 valence electrons. The number of hydrogen-bond acceptors (Lipinski definition) is 5. The third-order valence-corrected chi connectivity index (χ3v) is 2.52. The summed E-state index contributed by atoms with van der Waals surface area (Å²) in [6, 6.07) is 2.77. The van der Waals surface area contributed by atoms with Gasteiger partial charge in [-0.2, -0.15) is 0 Å². The quantitative estimate of drug-likeness (QED) is 0.859. The van der Waals surface area contributed by atoms with Crippen LogP contribution in [-0.4, -0.2) is 23.8 Å². The van der Waals surface area contributed by atoms with Gasteiger partial charge in [0.25, 0.3) is 0 Å². The fourth-order valence-corrected chi connectivity index (χ4v) is 1.78. The number of carbonyl (C=O) groups is 2. The Bertz CT molecular complexity index is 512. The van der Waals surface area contributed by atoms with Gasteiger partial charge in [0, 0.05) is 6.08 Å². The first-order valence-corrected chi connectivity index (χ1v) is 6.27. The van der Waals surface area contributed by atoms with Crippen molar-refractivity contribution in [1.82, 2.24) is 5.32 Å². The standard InChI is InChI=1S/C14H17NO5/c1-14(2,3)20-13(17)15-12(9-5-4-8-18-9)10-6-7-11(16)19-10/h4-8,10,12H,1-3H3,(H,15,17)/t10-,12+/m0/s1. The van der Waals surface area contributed by atoms with Gasteiger partial charge in [0.1, 0.15) is 23.5 Å². The number of nitrogens with one attached hydrogen (secondary N) is 1. The lowest BCUT2D eigenvalue weighted by atomic mass is 10.1. The maximum absolute atomic E-state index is 11.9. The predicted molar refractivity (Wildman–Crippen MR) is 69.8 cm³/mol. The van der Waals surface area contributed by atoms with Crippen LogP contribution in [0.5, 0.6) is 0 Å². The van der Waals surface area contributed by atoms with Crippen molar-refractivity contribution in [2.45, 2.75) is 38.5 Å². The number of rotatable bonds is 3. The van der Waals surface area contributed by atoms with Crippen molar-refractivity contribution in [3.05, 3.63) is 36.3 Å². The molecule has 0 bridgehead atoms. The number of alkyl carbamates (subject to hydrolysis) is 1. The second-order valence-corrected chi connectivity index (χ2v) is 5.40. The molecule has 1 aliphatic heterocycles. The number of esters is 1. The Labute approximate surface area is 116 Å². The summed E-state index contributed by atoms with van der Waals surface area (Å²) in [5.74, 6) is 0.0396. The first-order chi connectivity index (χ1) is 9.35. The van der Waals surface area contributed by atoms with Crippen molar-refractivity contribution in [3.8, 4) is 0 Å². The van der Waals surface area contributed by atoms with Crippen LogP contribution in [-0.2, 0) is 14.3 Å². The molecule has 1 aromatic rings. The van der Waals surface area contributed by atoms with Crippen LogP contribution in [0.15, 0.2) is 35.0 Å². The zero-order valence-corrected chi connectivity index (χ0v) is 11.6. The van der Waals surface area contributed by atoms with Gasteiger partial charge in [0.05, 0.1) is 6.26 Å². The SMILES string of the molecule is CC(C)(C)OC(=O)N[C@H](c1ccco1)[C@@H]1C=CC(=O)O1. The molecule has 2 rings (SSSR count). The molecule has 0 unspecified atom stereocenters. The van der Waals surface area contributed by atoms with Crippen LogP contribution in [0.4, 0.5) is 4.79 Å². The van der Waals surface area contributed by atoms with Crippen LogP contribution in [0.25, 0.3) is 0 Å². The van der Waals surface area contributed by atoms with E-state index >= 15 is 0 Å². The number of cyclic esters (lactones) is 1. The molecular formula is C14H17NO5. The average molecular weight is 279 g/mol. The Balaban J connectivity index is 2.10. The smallest absolute Gasteiger partial charge is 0.408 e. The van der Waals surface area contributed by atoms with Crippen LogP contribution in [0.1, 0.15) is 32.6 Å². The molecule has 0 spiro atoms. The van der Waals surface area contributed by atoms with E-state index in [2.05, 4.69) is 5.32 Å². The lowest BCUT2D eigenvalue weighted by Crippen LogP contribution is -2.39. The van der Waals surface area contributed by atoms with E-state index in [1.165, 1.54) is 12.3 Å². The monoisotopic (exact) mass is 279 g/mol. The molecule has 6 heteroatoms. The van der Waals surface area contributed by atoms with E-state index in [0.29, 0.717) is 5.76 Å². The van der Waals surface area contributed by atoms with Gasteiger partial charge in [-0.25, -0.2) is 9.59 Å². The molecule has 1 amide bonds. The Morgan fingerprint density at radius 3 is 2.70 bits per heavy atom. The van der Waals surface area contributed by atoms with Gasteiger partial charge in [-0.05, 0) is 39.0 Å². The van der Waals surface area contributed by atoms with Gasteiger partial charge >= 0.3 is 12.1 Å². The molecule has 0 saturated heterocycles. The first kappa shape index (κ1) is 14.2. The summed E-state index contributed by atoms with van der Waals surface area (Å²) in [4.78, 5) is 23.0. The second-order valence-electron chi connectivity index (χ2n) is 5.40. The highest BCUT2D eigenvalue weighted by Gasteiger charge is 2.32. The maximum atomic E-state index is 11.9. The number of carbonyl (C=O) groups excluding carboxylic acids is 2. The molecule has 0 saturated carbocycles. The Morgan fingerprint density at radius 1 is 1.45 bits per heavy atom. The van der Waals surface area contributed by atoms with Crippen molar-refractivity contribution in [2.75, 3.05) is 0 Å².